The molecule has 0 fully saturated rings. The molecule has 0 aliphatic rings. The van der Waals surface area contributed by atoms with Gasteiger partial charge < -0.3 is 9.64 Å². The molecule has 0 aromatic carbocycles. The number of ether oxygens (including phenoxy) is 1. The SMILES string of the molecule is CCN(CCCC(C#N)(CC)NC(C)C)CCOC. The fourth-order valence-electron chi connectivity index (χ4n) is 2.32. The molecular formula is C15H31N3O. The summed E-state index contributed by atoms with van der Waals surface area (Å²) in [6, 6.07) is 2.82. The third kappa shape index (κ3) is 7.51. The summed E-state index contributed by atoms with van der Waals surface area (Å²) >= 11 is 0. The van der Waals surface area contributed by atoms with Crippen molar-refractivity contribution < 1.29 is 4.74 Å². The zero-order valence-corrected chi connectivity index (χ0v) is 13.3. The average molecular weight is 269 g/mol. The number of rotatable bonds is 11. The fraction of sp³-hybridized carbons (Fsp3) is 0.933. The molecule has 0 aromatic heterocycles. The van der Waals surface area contributed by atoms with E-state index in [9.17, 15) is 5.26 Å². The number of nitrogens with zero attached hydrogens (tertiary/aromatic N) is 2. The highest BCUT2D eigenvalue weighted by Crippen LogP contribution is 2.18. The van der Waals surface area contributed by atoms with Gasteiger partial charge in [-0.1, -0.05) is 13.8 Å². The van der Waals surface area contributed by atoms with Gasteiger partial charge in [0.15, 0.2) is 0 Å². The van der Waals surface area contributed by atoms with E-state index in [1.54, 1.807) is 7.11 Å². The van der Waals surface area contributed by atoms with Crippen molar-refractivity contribution >= 4 is 0 Å². The van der Waals surface area contributed by atoms with Crippen LogP contribution in [0.3, 0.4) is 0 Å². The standard InChI is InChI=1S/C15H31N3O/c1-6-15(13-16,17-14(3)4)9-8-10-18(7-2)11-12-19-5/h14,17H,6-12H2,1-5H3. The molecule has 0 spiro atoms. The molecule has 0 bridgehead atoms. The zero-order valence-electron chi connectivity index (χ0n) is 13.3. The van der Waals surface area contributed by atoms with Crippen LogP contribution >= 0.6 is 0 Å². The van der Waals surface area contributed by atoms with Gasteiger partial charge in [0.1, 0.15) is 5.54 Å². The zero-order chi connectivity index (χ0) is 14.7. The molecule has 0 heterocycles. The predicted molar refractivity (Wildman–Crippen MR) is 80.1 cm³/mol. The van der Waals surface area contributed by atoms with Crippen molar-refractivity contribution in [3.63, 3.8) is 0 Å². The van der Waals surface area contributed by atoms with Crippen molar-refractivity contribution in [2.45, 2.75) is 58.5 Å². The maximum absolute atomic E-state index is 9.44. The maximum atomic E-state index is 9.44. The van der Waals surface area contributed by atoms with Gasteiger partial charge in [-0.2, -0.15) is 5.26 Å². The van der Waals surface area contributed by atoms with Crippen LogP contribution in [0.15, 0.2) is 0 Å². The van der Waals surface area contributed by atoms with Gasteiger partial charge in [0.25, 0.3) is 0 Å². The first kappa shape index (κ1) is 18.4. The Hall–Kier alpha value is -0.630. The largest absolute Gasteiger partial charge is 0.383 e. The van der Waals surface area contributed by atoms with Crippen LogP contribution in [0.5, 0.6) is 0 Å². The molecule has 0 radical (unpaired) electrons. The first-order valence-electron chi connectivity index (χ1n) is 7.43. The van der Waals surface area contributed by atoms with Gasteiger partial charge in [-0.25, -0.2) is 0 Å². The third-order valence-corrected chi connectivity index (χ3v) is 3.52. The van der Waals surface area contributed by atoms with E-state index in [4.69, 9.17) is 4.74 Å². The highest BCUT2D eigenvalue weighted by molar-refractivity contribution is 5.06. The summed E-state index contributed by atoms with van der Waals surface area (Å²) < 4.78 is 5.11. The first-order chi connectivity index (χ1) is 9.03. The topological polar surface area (TPSA) is 48.3 Å². The van der Waals surface area contributed by atoms with E-state index in [0.29, 0.717) is 6.04 Å². The lowest BCUT2D eigenvalue weighted by Gasteiger charge is -2.30. The molecule has 1 N–H and O–H groups in total. The number of hydrogen-bond donors (Lipinski definition) is 1. The molecule has 1 unspecified atom stereocenters. The van der Waals surface area contributed by atoms with Crippen molar-refractivity contribution in [1.29, 1.82) is 5.26 Å². The molecule has 0 saturated carbocycles. The second kappa shape index (κ2) is 10.2. The van der Waals surface area contributed by atoms with Crippen LogP contribution < -0.4 is 5.32 Å². The number of nitrogens with one attached hydrogen (secondary N) is 1. The molecule has 0 saturated heterocycles. The van der Waals surface area contributed by atoms with Crippen LogP contribution in [-0.4, -0.2) is 49.8 Å². The van der Waals surface area contributed by atoms with Crippen LogP contribution in [0.25, 0.3) is 0 Å². The van der Waals surface area contributed by atoms with Gasteiger partial charge in [0.05, 0.1) is 12.7 Å². The normalized spacial score (nSPS) is 14.6. The lowest BCUT2D eigenvalue weighted by atomic mass is 9.91. The van der Waals surface area contributed by atoms with Crippen molar-refractivity contribution in [2.75, 3.05) is 33.4 Å². The number of likely N-dealkylation sites (N-methyl/N-ethyl adjacent to an activating group) is 1. The van der Waals surface area contributed by atoms with E-state index in [0.717, 1.165) is 45.5 Å². The molecule has 0 aliphatic carbocycles. The summed E-state index contributed by atoms with van der Waals surface area (Å²) in [5.41, 5.74) is -0.366. The van der Waals surface area contributed by atoms with Crippen LogP contribution in [-0.2, 0) is 4.74 Å². The first-order valence-corrected chi connectivity index (χ1v) is 7.43. The minimum Gasteiger partial charge on any atom is -0.383 e. The van der Waals surface area contributed by atoms with Gasteiger partial charge in [-0.15, -0.1) is 0 Å². The molecule has 4 nitrogen and oxygen atoms in total. The highest BCUT2D eigenvalue weighted by Gasteiger charge is 2.27. The van der Waals surface area contributed by atoms with Gasteiger partial charge in [0, 0.05) is 19.7 Å². The third-order valence-electron chi connectivity index (χ3n) is 3.52. The van der Waals surface area contributed by atoms with Crippen LogP contribution in [0, 0.1) is 11.3 Å². The van der Waals surface area contributed by atoms with Crippen LogP contribution in [0.4, 0.5) is 0 Å². The monoisotopic (exact) mass is 269 g/mol. The number of nitriles is 1. The maximum Gasteiger partial charge on any atom is 0.106 e. The Balaban J connectivity index is 4.21. The van der Waals surface area contributed by atoms with E-state index < -0.39 is 0 Å². The Morgan fingerprint density at radius 1 is 1.32 bits per heavy atom. The molecule has 112 valence electrons. The van der Waals surface area contributed by atoms with Gasteiger partial charge in [-0.05, 0) is 46.2 Å². The van der Waals surface area contributed by atoms with Gasteiger partial charge in [-0.3, -0.25) is 5.32 Å². The molecule has 0 aromatic rings. The second-order valence-corrected chi connectivity index (χ2v) is 5.38. The fourth-order valence-corrected chi connectivity index (χ4v) is 2.32. The number of hydrogen-bond acceptors (Lipinski definition) is 4. The predicted octanol–water partition coefficient (Wildman–Crippen LogP) is 2.41. The summed E-state index contributed by atoms with van der Waals surface area (Å²) in [5, 5.41) is 12.9. The Kier molecular flexibility index (Phi) is 9.85. The minimum atomic E-state index is -0.366. The smallest absolute Gasteiger partial charge is 0.106 e. The van der Waals surface area contributed by atoms with Crippen molar-refractivity contribution in [3.8, 4) is 6.07 Å². The van der Waals surface area contributed by atoms with Crippen LogP contribution in [0.2, 0.25) is 0 Å². The molecule has 19 heavy (non-hydrogen) atoms. The van der Waals surface area contributed by atoms with Gasteiger partial charge in [0.2, 0.25) is 0 Å². The minimum absolute atomic E-state index is 0.343. The van der Waals surface area contributed by atoms with E-state index >= 15 is 0 Å². The molecule has 0 rings (SSSR count). The summed E-state index contributed by atoms with van der Waals surface area (Å²) in [6.45, 7) is 12.2. The van der Waals surface area contributed by atoms with Crippen molar-refractivity contribution in [2.24, 2.45) is 0 Å². The summed E-state index contributed by atoms with van der Waals surface area (Å²) in [6.07, 6.45) is 2.80. The Bertz CT molecular complexity index is 263. The van der Waals surface area contributed by atoms with E-state index in [1.807, 2.05) is 0 Å². The summed E-state index contributed by atoms with van der Waals surface area (Å²) in [7, 11) is 1.73. The summed E-state index contributed by atoms with van der Waals surface area (Å²) in [4.78, 5) is 2.37. The lowest BCUT2D eigenvalue weighted by molar-refractivity contribution is 0.148. The molecular weight excluding hydrogens is 238 g/mol. The molecule has 4 heteroatoms. The van der Waals surface area contributed by atoms with E-state index in [-0.39, 0.29) is 5.54 Å². The Morgan fingerprint density at radius 2 is 2.00 bits per heavy atom. The molecule has 0 amide bonds. The molecule has 1 atom stereocenters. The summed E-state index contributed by atoms with van der Waals surface area (Å²) in [5.74, 6) is 0. The quantitative estimate of drug-likeness (QED) is 0.626. The number of methoxy groups -OCH3 is 1. The highest BCUT2D eigenvalue weighted by atomic mass is 16.5. The lowest BCUT2D eigenvalue weighted by Crippen LogP contribution is -2.47. The van der Waals surface area contributed by atoms with Crippen molar-refractivity contribution in [3.05, 3.63) is 0 Å². The van der Waals surface area contributed by atoms with E-state index in [2.05, 4.69) is 44.0 Å². The molecule has 0 aliphatic heterocycles. The Labute approximate surface area is 119 Å². The second-order valence-electron chi connectivity index (χ2n) is 5.38. The van der Waals surface area contributed by atoms with Crippen molar-refractivity contribution in [1.82, 2.24) is 10.2 Å². The average Bonchev–Trinajstić information content (AvgIpc) is 2.40. The van der Waals surface area contributed by atoms with Gasteiger partial charge >= 0.3 is 0 Å². The Morgan fingerprint density at radius 3 is 2.42 bits per heavy atom. The van der Waals surface area contributed by atoms with Crippen LogP contribution in [0.1, 0.15) is 47.0 Å². The van der Waals surface area contributed by atoms with E-state index in [1.165, 1.54) is 0 Å².